The van der Waals surface area contributed by atoms with Crippen LogP contribution in [0.1, 0.15) is 46.0 Å². The summed E-state index contributed by atoms with van der Waals surface area (Å²) in [5.41, 5.74) is 0. The number of rotatable bonds is 3. The molecule has 0 amide bonds. The average Bonchev–Trinajstić information content (AvgIpc) is 2.88. The highest BCUT2D eigenvalue weighted by molar-refractivity contribution is 4.80. The number of hydrogen-bond acceptors (Lipinski definition) is 2. The van der Waals surface area contributed by atoms with Crippen LogP contribution in [0.15, 0.2) is 0 Å². The Morgan fingerprint density at radius 3 is 2.69 bits per heavy atom. The maximum absolute atomic E-state index is 5.90. The molecule has 0 N–H and O–H groups in total. The second kappa shape index (κ2) is 3.97. The zero-order valence-corrected chi connectivity index (χ0v) is 8.66. The van der Waals surface area contributed by atoms with Gasteiger partial charge in [-0.3, -0.25) is 0 Å². The van der Waals surface area contributed by atoms with Gasteiger partial charge in [-0.25, -0.2) is 0 Å². The summed E-state index contributed by atoms with van der Waals surface area (Å²) in [5.74, 6) is 0.732. The predicted molar refractivity (Wildman–Crippen MR) is 51.5 cm³/mol. The van der Waals surface area contributed by atoms with Crippen LogP contribution in [0.3, 0.4) is 0 Å². The molecule has 0 aromatic rings. The van der Waals surface area contributed by atoms with E-state index in [0.717, 1.165) is 12.3 Å². The van der Waals surface area contributed by atoms with Gasteiger partial charge in [-0.1, -0.05) is 26.7 Å². The minimum Gasteiger partial charge on any atom is -0.346 e. The van der Waals surface area contributed by atoms with Crippen LogP contribution in [0.4, 0.5) is 0 Å². The third-order valence-corrected chi connectivity index (χ3v) is 3.28. The third kappa shape index (κ3) is 2.23. The van der Waals surface area contributed by atoms with E-state index in [2.05, 4.69) is 13.8 Å². The molecule has 2 heteroatoms. The summed E-state index contributed by atoms with van der Waals surface area (Å²) in [7, 11) is 0. The highest BCUT2D eigenvalue weighted by Crippen LogP contribution is 2.33. The molecule has 0 bridgehead atoms. The Bertz CT molecular complexity index is 169. The first-order valence-corrected chi connectivity index (χ1v) is 5.62. The van der Waals surface area contributed by atoms with Gasteiger partial charge in [0.15, 0.2) is 6.29 Å². The molecule has 2 aliphatic rings. The van der Waals surface area contributed by atoms with Gasteiger partial charge in [-0.15, -0.1) is 0 Å². The van der Waals surface area contributed by atoms with Crippen molar-refractivity contribution in [3.8, 4) is 0 Å². The second-order valence-electron chi connectivity index (χ2n) is 4.39. The lowest BCUT2D eigenvalue weighted by Gasteiger charge is -2.28. The van der Waals surface area contributed by atoms with Crippen LogP contribution in [-0.2, 0) is 9.47 Å². The zero-order valence-electron chi connectivity index (χ0n) is 8.66. The molecular formula is C11H20O2. The van der Waals surface area contributed by atoms with Crippen molar-refractivity contribution in [2.45, 2.75) is 64.4 Å². The molecular weight excluding hydrogens is 164 g/mol. The van der Waals surface area contributed by atoms with Crippen molar-refractivity contribution in [1.82, 2.24) is 0 Å². The minimum absolute atomic E-state index is 0.135. The van der Waals surface area contributed by atoms with Crippen molar-refractivity contribution in [3.63, 3.8) is 0 Å². The lowest BCUT2D eigenvalue weighted by molar-refractivity contribution is -0.0533. The molecule has 4 atom stereocenters. The van der Waals surface area contributed by atoms with Crippen molar-refractivity contribution in [3.05, 3.63) is 0 Å². The predicted octanol–water partition coefficient (Wildman–Crippen LogP) is 2.72. The third-order valence-electron chi connectivity index (χ3n) is 3.28. The number of hydrogen-bond donors (Lipinski definition) is 0. The molecule has 2 rings (SSSR count). The van der Waals surface area contributed by atoms with Gasteiger partial charge >= 0.3 is 0 Å². The van der Waals surface area contributed by atoms with E-state index in [1.54, 1.807) is 0 Å². The molecule has 4 unspecified atom stereocenters. The molecule has 2 nitrogen and oxygen atoms in total. The van der Waals surface area contributed by atoms with E-state index in [0.29, 0.717) is 12.2 Å². The highest BCUT2D eigenvalue weighted by Gasteiger charge is 2.41. The largest absolute Gasteiger partial charge is 0.346 e. The molecule has 0 aromatic heterocycles. The fraction of sp³-hybridized carbons (Fsp3) is 1.00. The van der Waals surface area contributed by atoms with Crippen LogP contribution < -0.4 is 0 Å². The van der Waals surface area contributed by atoms with Gasteiger partial charge in [0.05, 0.1) is 6.10 Å². The van der Waals surface area contributed by atoms with Crippen molar-refractivity contribution < 1.29 is 9.47 Å². The van der Waals surface area contributed by atoms with E-state index >= 15 is 0 Å². The second-order valence-corrected chi connectivity index (χ2v) is 4.39. The first-order valence-electron chi connectivity index (χ1n) is 5.62. The summed E-state index contributed by atoms with van der Waals surface area (Å²) in [5, 5.41) is 0. The maximum Gasteiger partial charge on any atom is 0.184 e. The molecule has 1 heterocycles. The summed E-state index contributed by atoms with van der Waals surface area (Å²) >= 11 is 0. The summed E-state index contributed by atoms with van der Waals surface area (Å²) < 4.78 is 11.3. The number of epoxide rings is 1. The van der Waals surface area contributed by atoms with Gasteiger partial charge in [0.2, 0.25) is 0 Å². The fourth-order valence-electron chi connectivity index (χ4n) is 2.19. The van der Waals surface area contributed by atoms with Crippen LogP contribution in [0, 0.1) is 5.92 Å². The van der Waals surface area contributed by atoms with Gasteiger partial charge < -0.3 is 9.47 Å². The first kappa shape index (κ1) is 9.47. The van der Waals surface area contributed by atoms with E-state index in [1.165, 1.54) is 25.7 Å². The lowest BCUT2D eigenvalue weighted by Crippen LogP contribution is -2.27. The minimum atomic E-state index is 0.135. The molecule has 0 radical (unpaired) electrons. The van der Waals surface area contributed by atoms with E-state index < -0.39 is 0 Å². The molecule has 0 spiro atoms. The van der Waals surface area contributed by atoms with Gasteiger partial charge in [0.1, 0.15) is 6.10 Å². The van der Waals surface area contributed by atoms with Crippen molar-refractivity contribution in [2.75, 3.05) is 0 Å². The summed E-state index contributed by atoms with van der Waals surface area (Å²) in [4.78, 5) is 0. The molecule has 76 valence electrons. The summed E-state index contributed by atoms with van der Waals surface area (Å²) in [6.45, 7) is 4.45. The van der Waals surface area contributed by atoms with Gasteiger partial charge in [0.25, 0.3) is 0 Å². The SMILES string of the molecule is CCC1OC1OC1CCCCC1C. The standard InChI is InChI=1S/C11H20O2/c1-3-9-11(12-9)13-10-7-5-4-6-8(10)2/h8-11H,3-7H2,1-2H3. The smallest absolute Gasteiger partial charge is 0.184 e. The molecule has 1 aliphatic heterocycles. The molecule has 0 aromatic carbocycles. The normalized spacial score (nSPS) is 44.8. The monoisotopic (exact) mass is 184 g/mol. The Labute approximate surface area is 80.6 Å². The quantitative estimate of drug-likeness (QED) is 0.629. The topological polar surface area (TPSA) is 21.8 Å². The van der Waals surface area contributed by atoms with Crippen LogP contribution in [0.25, 0.3) is 0 Å². The van der Waals surface area contributed by atoms with Crippen LogP contribution in [-0.4, -0.2) is 18.5 Å². The van der Waals surface area contributed by atoms with Crippen molar-refractivity contribution >= 4 is 0 Å². The summed E-state index contributed by atoms with van der Waals surface area (Å²) in [6, 6.07) is 0. The average molecular weight is 184 g/mol. The van der Waals surface area contributed by atoms with E-state index in [4.69, 9.17) is 9.47 Å². The van der Waals surface area contributed by atoms with Crippen LogP contribution in [0.2, 0.25) is 0 Å². The Kier molecular flexibility index (Phi) is 2.89. The molecule has 13 heavy (non-hydrogen) atoms. The van der Waals surface area contributed by atoms with E-state index in [1.807, 2.05) is 0 Å². The lowest BCUT2D eigenvalue weighted by atomic mass is 9.88. The van der Waals surface area contributed by atoms with E-state index in [9.17, 15) is 0 Å². The fourth-order valence-corrected chi connectivity index (χ4v) is 2.19. The van der Waals surface area contributed by atoms with Crippen LogP contribution in [0.5, 0.6) is 0 Å². The number of ether oxygens (including phenoxy) is 2. The van der Waals surface area contributed by atoms with Crippen molar-refractivity contribution in [2.24, 2.45) is 5.92 Å². The molecule has 1 saturated heterocycles. The van der Waals surface area contributed by atoms with Crippen LogP contribution >= 0.6 is 0 Å². The van der Waals surface area contributed by atoms with Gasteiger partial charge in [-0.2, -0.15) is 0 Å². The Morgan fingerprint density at radius 1 is 1.31 bits per heavy atom. The van der Waals surface area contributed by atoms with E-state index in [-0.39, 0.29) is 6.29 Å². The van der Waals surface area contributed by atoms with Gasteiger partial charge in [0, 0.05) is 0 Å². The molecule has 1 aliphatic carbocycles. The molecule has 1 saturated carbocycles. The first-order chi connectivity index (χ1) is 6.31. The Balaban J connectivity index is 1.74. The maximum atomic E-state index is 5.90. The highest BCUT2D eigenvalue weighted by atomic mass is 16.8. The Morgan fingerprint density at radius 2 is 2.08 bits per heavy atom. The Hall–Kier alpha value is -0.0800. The van der Waals surface area contributed by atoms with Gasteiger partial charge in [-0.05, 0) is 25.2 Å². The van der Waals surface area contributed by atoms with Crippen molar-refractivity contribution in [1.29, 1.82) is 0 Å². The zero-order chi connectivity index (χ0) is 9.26. The molecule has 2 fully saturated rings. The summed E-state index contributed by atoms with van der Waals surface area (Å²) in [6.07, 6.45) is 7.36.